The van der Waals surface area contributed by atoms with Crippen molar-refractivity contribution >= 4 is 51.0 Å². The predicted octanol–water partition coefficient (Wildman–Crippen LogP) is 5.55. The van der Waals surface area contributed by atoms with Gasteiger partial charge in [-0.3, -0.25) is 9.89 Å². The Morgan fingerprint density at radius 2 is 1.83 bits per heavy atom. The molecule has 0 aliphatic carbocycles. The summed E-state index contributed by atoms with van der Waals surface area (Å²) in [4.78, 5) is 28.4. The second-order valence-corrected chi connectivity index (χ2v) is 8.71. The lowest BCUT2D eigenvalue weighted by molar-refractivity contribution is 0.102. The van der Waals surface area contributed by atoms with Gasteiger partial charge in [-0.15, -0.1) is 0 Å². The number of aromatic nitrogens is 5. The molecular weight excluding hydrogens is 452 g/mol. The van der Waals surface area contributed by atoms with Gasteiger partial charge >= 0.3 is 0 Å². The van der Waals surface area contributed by atoms with Gasteiger partial charge in [0.1, 0.15) is 5.82 Å². The lowest BCUT2D eigenvalue weighted by Gasteiger charge is -2.23. The van der Waals surface area contributed by atoms with E-state index in [-0.39, 0.29) is 5.91 Å². The van der Waals surface area contributed by atoms with Crippen LogP contribution in [0, 0.1) is 6.92 Å². The summed E-state index contributed by atoms with van der Waals surface area (Å²) in [7, 11) is 0. The molecule has 0 saturated heterocycles. The number of anilines is 4. The smallest absolute Gasteiger partial charge is 0.257 e. The highest BCUT2D eigenvalue weighted by Crippen LogP contribution is 2.29. The summed E-state index contributed by atoms with van der Waals surface area (Å²) in [5, 5.41) is 14.4. The first-order valence-electron chi connectivity index (χ1n) is 12.3. The molecule has 3 heterocycles. The Hall–Kier alpha value is -4.40. The number of nitrogens with zero attached hydrogens (tertiary/aromatic N) is 4. The molecule has 0 saturated carbocycles. The molecule has 0 fully saturated rings. The van der Waals surface area contributed by atoms with Crippen LogP contribution < -0.4 is 15.5 Å². The van der Waals surface area contributed by atoms with Crippen molar-refractivity contribution in [2.75, 3.05) is 28.6 Å². The van der Waals surface area contributed by atoms with E-state index in [1.165, 1.54) is 0 Å². The highest BCUT2D eigenvalue weighted by atomic mass is 16.1. The fraction of sp³-hybridized carbons (Fsp3) is 0.259. The number of carbonyl (C=O) groups is 1. The Morgan fingerprint density at radius 1 is 1.00 bits per heavy atom. The number of imidazole rings is 1. The molecule has 9 nitrogen and oxygen atoms in total. The van der Waals surface area contributed by atoms with E-state index in [4.69, 9.17) is 4.98 Å². The first kappa shape index (κ1) is 23.3. The highest BCUT2D eigenvalue weighted by molar-refractivity contribution is 6.11. The van der Waals surface area contributed by atoms with E-state index < -0.39 is 0 Å². The van der Waals surface area contributed by atoms with E-state index in [0.717, 1.165) is 64.2 Å². The lowest BCUT2D eigenvalue weighted by atomic mass is 10.1. The topological polar surface area (TPSA) is 115 Å². The van der Waals surface area contributed by atoms with Crippen LogP contribution in [0.1, 0.15) is 42.4 Å². The molecule has 0 radical (unpaired) electrons. The Balaban J connectivity index is 1.52. The van der Waals surface area contributed by atoms with Gasteiger partial charge in [0.05, 0.1) is 34.0 Å². The van der Waals surface area contributed by atoms with Crippen molar-refractivity contribution in [3.8, 4) is 0 Å². The fourth-order valence-corrected chi connectivity index (χ4v) is 4.42. The van der Waals surface area contributed by atoms with Crippen LogP contribution in [0.3, 0.4) is 0 Å². The van der Waals surface area contributed by atoms with E-state index in [9.17, 15) is 4.79 Å². The monoisotopic (exact) mass is 482 g/mol. The molecule has 5 aromatic rings. The fourth-order valence-electron chi connectivity index (χ4n) is 4.42. The minimum Gasteiger partial charge on any atom is -0.371 e. The number of rotatable bonds is 8. The van der Waals surface area contributed by atoms with Crippen molar-refractivity contribution in [1.82, 2.24) is 25.1 Å². The van der Waals surface area contributed by atoms with E-state index in [1.54, 1.807) is 6.20 Å². The van der Waals surface area contributed by atoms with Crippen molar-refractivity contribution < 1.29 is 4.79 Å². The number of fused-ring (bicyclic) bond motifs is 2. The molecule has 184 valence electrons. The molecule has 36 heavy (non-hydrogen) atoms. The first-order chi connectivity index (χ1) is 17.5. The number of amides is 1. The second kappa shape index (κ2) is 9.69. The molecule has 9 heteroatoms. The third-order valence-electron chi connectivity index (χ3n) is 6.38. The van der Waals surface area contributed by atoms with Crippen molar-refractivity contribution in [2.24, 2.45) is 0 Å². The SMILES string of the molecule is CCc1ccc(C)nc1Nc1nc2cc(N(CC)CC)c(C(=O)Nc3ccc4cn[nH]c4c3)cc2[nH]1. The van der Waals surface area contributed by atoms with Gasteiger partial charge in [0.15, 0.2) is 0 Å². The lowest BCUT2D eigenvalue weighted by Crippen LogP contribution is -2.25. The number of carbonyl (C=O) groups excluding carboxylic acids is 1. The Labute approximate surface area is 209 Å². The third kappa shape index (κ3) is 4.47. The number of benzene rings is 2. The molecule has 4 N–H and O–H groups in total. The third-order valence-corrected chi connectivity index (χ3v) is 6.38. The summed E-state index contributed by atoms with van der Waals surface area (Å²) in [6.07, 6.45) is 2.61. The Morgan fingerprint density at radius 3 is 2.61 bits per heavy atom. The Kier molecular flexibility index (Phi) is 6.28. The average Bonchev–Trinajstić information content (AvgIpc) is 3.50. The highest BCUT2D eigenvalue weighted by Gasteiger charge is 2.19. The zero-order valence-corrected chi connectivity index (χ0v) is 20.9. The largest absolute Gasteiger partial charge is 0.371 e. The van der Waals surface area contributed by atoms with Crippen LogP contribution >= 0.6 is 0 Å². The summed E-state index contributed by atoms with van der Waals surface area (Å²) >= 11 is 0. The van der Waals surface area contributed by atoms with Gasteiger partial charge in [-0.1, -0.05) is 13.0 Å². The molecule has 0 atom stereocenters. The number of nitrogens with one attached hydrogen (secondary N) is 4. The van der Waals surface area contributed by atoms with Crippen LogP contribution in [0.25, 0.3) is 21.9 Å². The Bertz CT molecular complexity index is 1550. The van der Waals surface area contributed by atoms with Crippen molar-refractivity contribution in [3.63, 3.8) is 0 Å². The van der Waals surface area contributed by atoms with Crippen LogP contribution in [0.4, 0.5) is 23.1 Å². The number of H-pyrrole nitrogens is 2. The molecule has 1 amide bonds. The van der Waals surface area contributed by atoms with Gasteiger partial charge in [-0.25, -0.2) is 9.97 Å². The zero-order chi connectivity index (χ0) is 25.2. The maximum atomic E-state index is 13.5. The van der Waals surface area contributed by atoms with Crippen molar-refractivity contribution in [2.45, 2.75) is 34.1 Å². The standard InChI is InChI=1S/C27H30N8O/c1-5-17-9-8-16(4)29-25(17)33-27-31-22-13-20(24(14-23(22)32-27)35(6-2)7-3)26(36)30-19-11-10-18-15-28-34-21(18)12-19/h8-15H,5-7H2,1-4H3,(H,28,34)(H,30,36)(H2,29,31,32,33). The average molecular weight is 483 g/mol. The second-order valence-electron chi connectivity index (χ2n) is 8.71. The number of hydrogen-bond acceptors (Lipinski definition) is 6. The molecule has 0 aliphatic rings. The van der Waals surface area contributed by atoms with Crippen LogP contribution in [0.15, 0.2) is 48.7 Å². The van der Waals surface area contributed by atoms with E-state index in [0.29, 0.717) is 17.2 Å². The zero-order valence-electron chi connectivity index (χ0n) is 20.9. The van der Waals surface area contributed by atoms with Crippen molar-refractivity contribution in [1.29, 1.82) is 0 Å². The van der Waals surface area contributed by atoms with Gasteiger partial charge in [-0.2, -0.15) is 5.10 Å². The summed E-state index contributed by atoms with van der Waals surface area (Å²) in [6.45, 7) is 9.76. The normalized spacial score (nSPS) is 11.2. The number of aromatic amines is 2. The molecule has 0 aliphatic heterocycles. The maximum Gasteiger partial charge on any atom is 0.257 e. The number of hydrogen-bond donors (Lipinski definition) is 4. The molecule has 5 rings (SSSR count). The first-order valence-corrected chi connectivity index (χ1v) is 12.3. The van der Waals surface area contributed by atoms with E-state index in [2.05, 4.69) is 62.5 Å². The quantitative estimate of drug-likeness (QED) is 0.231. The maximum absolute atomic E-state index is 13.5. The molecule has 0 unspecified atom stereocenters. The number of pyridine rings is 1. The van der Waals surface area contributed by atoms with Crippen LogP contribution in [0.5, 0.6) is 0 Å². The minimum absolute atomic E-state index is 0.185. The predicted molar refractivity (Wildman–Crippen MR) is 145 cm³/mol. The van der Waals surface area contributed by atoms with Gasteiger partial charge in [0, 0.05) is 29.9 Å². The van der Waals surface area contributed by atoms with E-state index in [1.807, 2.05) is 43.3 Å². The van der Waals surface area contributed by atoms with Gasteiger partial charge in [-0.05, 0) is 69.2 Å². The number of aryl methyl sites for hydroxylation is 2. The van der Waals surface area contributed by atoms with Gasteiger partial charge < -0.3 is 20.5 Å². The van der Waals surface area contributed by atoms with Gasteiger partial charge in [0.25, 0.3) is 5.91 Å². The summed E-state index contributed by atoms with van der Waals surface area (Å²) < 4.78 is 0. The van der Waals surface area contributed by atoms with Crippen molar-refractivity contribution in [3.05, 3.63) is 65.5 Å². The minimum atomic E-state index is -0.185. The van der Waals surface area contributed by atoms with Crippen LogP contribution in [0.2, 0.25) is 0 Å². The van der Waals surface area contributed by atoms with Crippen LogP contribution in [-0.4, -0.2) is 44.1 Å². The molecule has 3 aromatic heterocycles. The molecular formula is C27H30N8O. The molecule has 0 spiro atoms. The van der Waals surface area contributed by atoms with E-state index >= 15 is 0 Å². The molecule has 0 bridgehead atoms. The molecule has 2 aromatic carbocycles. The van der Waals surface area contributed by atoms with Gasteiger partial charge in [0.2, 0.25) is 5.95 Å². The summed E-state index contributed by atoms with van der Waals surface area (Å²) in [5.74, 6) is 1.19. The summed E-state index contributed by atoms with van der Waals surface area (Å²) in [6, 6.07) is 13.6. The van der Waals surface area contributed by atoms with Crippen LogP contribution in [-0.2, 0) is 6.42 Å². The summed E-state index contributed by atoms with van der Waals surface area (Å²) in [5.41, 5.74) is 6.58.